The first-order valence-corrected chi connectivity index (χ1v) is 7.29. The van der Waals surface area contributed by atoms with Gasteiger partial charge >= 0.3 is 0 Å². The van der Waals surface area contributed by atoms with Crippen molar-refractivity contribution in [2.45, 2.75) is 4.90 Å². The van der Waals surface area contributed by atoms with Gasteiger partial charge in [0, 0.05) is 17.8 Å². The minimum atomic E-state index is -4.18. The molecule has 10 heteroatoms. The summed E-state index contributed by atoms with van der Waals surface area (Å²) in [4.78, 5) is 19.2. The number of rotatable bonds is 5. The van der Waals surface area contributed by atoms with Crippen LogP contribution in [0.4, 0.5) is 17.1 Å². The number of sulfonamides is 1. The number of nitro benzene ring substituents is 2. The summed E-state index contributed by atoms with van der Waals surface area (Å²) in [7, 11) is -4.18. The highest BCUT2D eigenvalue weighted by Crippen LogP contribution is 2.26. The first kappa shape index (κ1) is 15.4. The van der Waals surface area contributed by atoms with Gasteiger partial charge in [-0.1, -0.05) is 18.2 Å². The van der Waals surface area contributed by atoms with E-state index in [2.05, 4.69) is 4.72 Å². The lowest BCUT2D eigenvalue weighted by Crippen LogP contribution is -2.13. The zero-order valence-corrected chi connectivity index (χ0v) is 11.7. The molecule has 0 saturated heterocycles. The third kappa shape index (κ3) is 3.35. The number of nitro groups is 2. The fraction of sp³-hybridized carbons (Fsp3) is 0. The molecule has 0 radical (unpaired) electrons. The molecule has 0 saturated carbocycles. The Balaban J connectivity index is 2.50. The van der Waals surface area contributed by atoms with E-state index in [0.29, 0.717) is 6.07 Å². The molecule has 2 aromatic carbocycles. The second-order valence-corrected chi connectivity index (χ2v) is 5.85. The van der Waals surface area contributed by atoms with E-state index in [1.165, 1.54) is 12.1 Å². The van der Waals surface area contributed by atoms with Crippen LogP contribution in [0.25, 0.3) is 0 Å². The molecule has 0 aliphatic carbocycles. The Morgan fingerprint density at radius 3 is 1.82 bits per heavy atom. The summed E-state index contributed by atoms with van der Waals surface area (Å²) in [6, 6.07) is 10.0. The van der Waals surface area contributed by atoms with Crippen LogP contribution in [0, 0.1) is 20.2 Å². The van der Waals surface area contributed by atoms with Crippen LogP contribution in [0.2, 0.25) is 0 Å². The second-order valence-electron chi connectivity index (χ2n) is 4.17. The Morgan fingerprint density at radius 1 is 0.864 bits per heavy atom. The topological polar surface area (TPSA) is 132 Å². The average molecular weight is 323 g/mol. The van der Waals surface area contributed by atoms with E-state index in [1.807, 2.05) is 0 Å². The molecule has 0 atom stereocenters. The minimum absolute atomic E-state index is 0.233. The summed E-state index contributed by atoms with van der Waals surface area (Å²) in [5.74, 6) is 0. The third-order valence-electron chi connectivity index (χ3n) is 2.63. The zero-order valence-electron chi connectivity index (χ0n) is 10.9. The van der Waals surface area contributed by atoms with Gasteiger partial charge in [0.2, 0.25) is 0 Å². The van der Waals surface area contributed by atoms with Crippen LogP contribution >= 0.6 is 0 Å². The van der Waals surface area contributed by atoms with E-state index < -0.39 is 36.1 Å². The maximum atomic E-state index is 12.2. The van der Waals surface area contributed by atoms with Crippen LogP contribution in [0.15, 0.2) is 53.4 Å². The lowest BCUT2D eigenvalue weighted by molar-refractivity contribution is -0.394. The smallest absolute Gasteiger partial charge is 0.277 e. The van der Waals surface area contributed by atoms with Crippen molar-refractivity contribution in [2.75, 3.05) is 4.72 Å². The van der Waals surface area contributed by atoms with Gasteiger partial charge in [-0.2, -0.15) is 0 Å². The fourth-order valence-electron chi connectivity index (χ4n) is 1.65. The van der Waals surface area contributed by atoms with Gasteiger partial charge in [0.15, 0.2) is 0 Å². The molecule has 0 spiro atoms. The highest BCUT2D eigenvalue weighted by atomic mass is 32.2. The average Bonchev–Trinajstić information content (AvgIpc) is 2.47. The van der Waals surface area contributed by atoms with Crippen LogP contribution < -0.4 is 4.72 Å². The van der Waals surface area contributed by atoms with E-state index in [-0.39, 0.29) is 5.69 Å². The molecule has 0 aromatic heterocycles. The largest absolute Gasteiger partial charge is 0.280 e. The molecule has 0 unspecified atom stereocenters. The molecular formula is C12H9N3O6S. The molecule has 0 fully saturated rings. The van der Waals surface area contributed by atoms with Crippen molar-refractivity contribution in [1.29, 1.82) is 0 Å². The molecule has 0 aliphatic rings. The van der Waals surface area contributed by atoms with Gasteiger partial charge in [0.25, 0.3) is 21.4 Å². The number of non-ortho nitro benzene ring substituents is 2. The van der Waals surface area contributed by atoms with Crippen LogP contribution in [-0.4, -0.2) is 18.3 Å². The van der Waals surface area contributed by atoms with E-state index in [0.717, 1.165) is 12.1 Å². The SMILES string of the molecule is O=[N+]([O-])c1cc([N+](=O)[O-])cc(S(=O)(=O)Nc2ccccc2)c1. The van der Waals surface area contributed by atoms with Gasteiger partial charge in [0.05, 0.1) is 15.9 Å². The quantitative estimate of drug-likeness (QED) is 0.663. The van der Waals surface area contributed by atoms with Crippen molar-refractivity contribution in [3.05, 3.63) is 68.8 Å². The predicted octanol–water partition coefficient (Wildman–Crippen LogP) is 2.30. The Hall–Kier alpha value is -3.01. The number of nitrogens with one attached hydrogen (secondary N) is 1. The molecule has 0 bridgehead atoms. The summed E-state index contributed by atoms with van der Waals surface area (Å²) in [6.45, 7) is 0. The number of benzene rings is 2. The number of nitrogens with zero attached hydrogens (tertiary/aromatic N) is 2. The molecule has 114 valence electrons. The molecule has 0 aliphatic heterocycles. The van der Waals surface area contributed by atoms with Gasteiger partial charge in [-0.15, -0.1) is 0 Å². The number of hydrogen-bond donors (Lipinski definition) is 1. The van der Waals surface area contributed by atoms with Crippen molar-refractivity contribution in [3.63, 3.8) is 0 Å². The lowest BCUT2D eigenvalue weighted by Gasteiger charge is -2.07. The van der Waals surface area contributed by atoms with Crippen LogP contribution in [0.1, 0.15) is 0 Å². The molecule has 9 nitrogen and oxygen atoms in total. The van der Waals surface area contributed by atoms with Crippen molar-refractivity contribution in [1.82, 2.24) is 0 Å². The zero-order chi connectivity index (χ0) is 16.3. The Bertz CT molecular complexity index is 803. The minimum Gasteiger partial charge on any atom is -0.280 e. The van der Waals surface area contributed by atoms with Crippen LogP contribution in [-0.2, 0) is 10.0 Å². The number of hydrogen-bond acceptors (Lipinski definition) is 6. The molecule has 2 rings (SSSR count). The second kappa shape index (κ2) is 5.77. The Kier molecular flexibility index (Phi) is 4.04. The first-order chi connectivity index (χ1) is 10.3. The van der Waals surface area contributed by atoms with Gasteiger partial charge in [0.1, 0.15) is 4.90 Å². The van der Waals surface area contributed by atoms with Crippen LogP contribution in [0.5, 0.6) is 0 Å². The van der Waals surface area contributed by atoms with E-state index in [4.69, 9.17) is 0 Å². The standard InChI is InChI=1S/C12H9N3O6S/c16-14(17)10-6-11(15(18)19)8-12(7-10)22(20,21)13-9-4-2-1-3-5-9/h1-8,13H. The van der Waals surface area contributed by atoms with Gasteiger partial charge in [-0.05, 0) is 12.1 Å². The maximum absolute atomic E-state index is 12.2. The summed E-state index contributed by atoms with van der Waals surface area (Å²) in [5.41, 5.74) is -1.12. The summed E-state index contributed by atoms with van der Waals surface area (Å²) in [6.07, 6.45) is 0. The molecule has 2 aromatic rings. The van der Waals surface area contributed by atoms with E-state index in [9.17, 15) is 28.6 Å². The molecule has 22 heavy (non-hydrogen) atoms. The Morgan fingerprint density at radius 2 is 1.36 bits per heavy atom. The fourth-order valence-corrected chi connectivity index (χ4v) is 2.77. The summed E-state index contributed by atoms with van der Waals surface area (Å²) < 4.78 is 26.6. The molecule has 0 heterocycles. The third-order valence-corrected chi connectivity index (χ3v) is 3.99. The van der Waals surface area contributed by atoms with Gasteiger partial charge in [-0.25, -0.2) is 8.42 Å². The lowest BCUT2D eigenvalue weighted by atomic mass is 10.3. The highest BCUT2D eigenvalue weighted by Gasteiger charge is 2.23. The monoisotopic (exact) mass is 323 g/mol. The maximum Gasteiger partial charge on any atom is 0.277 e. The summed E-state index contributed by atoms with van der Waals surface area (Å²) in [5, 5.41) is 21.6. The first-order valence-electron chi connectivity index (χ1n) is 5.81. The van der Waals surface area contributed by atoms with Crippen molar-refractivity contribution in [2.24, 2.45) is 0 Å². The van der Waals surface area contributed by atoms with Crippen molar-refractivity contribution >= 4 is 27.1 Å². The number of para-hydroxylation sites is 1. The van der Waals surface area contributed by atoms with Gasteiger partial charge in [-0.3, -0.25) is 25.0 Å². The molecule has 0 amide bonds. The molecule has 1 N–H and O–H groups in total. The highest BCUT2D eigenvalue weighted by molar-refractivity contribution is 7.92. The van der Waals surface area contributed by atoms with Gasteiger partial charge < -0.3 is 0 Å². The Labute approximate surface area is 124 Å². The van der Waals surface area contributed by atoms with E-state index in [1.54, 1.807) is 18.2 Å². The molecular weight excluding hydrogens is 314 g/mol. The number of anilines is 1. The van der Waals surface area contributed by atoms with E-state index >= 15 is 0 Å². The summed E-state index contributed by atoms with van der Waals surface area (Å²) >= 11 is 0. The van der Waals surface area contributed by atoms with Crippen molar-refractivity contribution < 1.29 is 18.3 Å². The van der Waals surface area contributed by atoms with Crippen LogP contribution in [0.3, 0.4) is 0 Å². The predicted molar refractivity (Wildman–Crippen MR) is 77.0 cm³/mol. The van der Waals surface area contributed by atoms with Crippen molar-refractivity contribution in [3.8, 4) is 0 Å². The normalized spacial score (nSPS) is 10.9.